The van der Waals surface area contributed by atoms with E-state index in [0.29, 0.717) is 31.7 Å². The molecule has 3 N–H and O–H groups in total. The average Bonchev–Trinajstić information content (AvgIpc) is 2.95. The third-order valence-electron chi connectivity index (χ3n) is 4.10. The van der Waals surface area contributed by atoms with Crippen LogP contribution in [0.4, 0.5) is 0 Å². The van der Waals surface area contributed by atoms with Gasteiger partial charge in [0.05, 0.1) is 0 Å². The fraction of sp³-hybridized carbons (Fsp3) is 0.571. The number of hydrogen-bond donors (Lipinski definition) is 2. The molecule has 0 aliphatic carbocycles. The van der Waals surface area contributed by atoms with Crippen molar-refractivity contribution in [3.8, 4) is 0 Å². The van der Waals surface area contributed by atoms with Gasteiger partial charge in [0.2, 0.25) is 0 Å². The minimum absolute atomic E-state index is 0.0914. The molecule has 20 heavy (non-hydrogen) atoms. The van der Waals surface area contributed by atoms with E-state index in [0.717, 1.165) is 12.2 Å². The van der Waals surface area contributed by atoms with E-state index >= 15 is 0 Å². The summed E-state index contributed by atoms with van der Waals surface area (Å²) in [4.78, 5) is 14.1. The van der Waals surface area contributed by atoms with Crippen molar-refractivity contribution in [2.75, 3.05) is 13.1 Å². The highest BCUT2D eigenvalue weighted by molar-refractivity contribution is 5.92. The van der Waals surface area contributed by atoms with Crippen molar-refractivity contribution in [2.45, 2.75) is 33.1 Å². The van der Waals surface area contributed by atoms with Crippen LogP contribution in [0.3, 0.4) is 0 Å². The van der Waals surface area contributed by atoms with Gasteiger partial charge in [-0.15, -0.1) is 0 Å². The minimum Gasteiger partial charge on any atom is -0.456 e. The zero-order valence-corrected chi connectivity index (χ0v) is 11.9. The molecule has 0 unspecified atom stereocenters. The van der Waals surface area contributed by atoms with Crippen LogP contribution in [0.25, 0.3) is 0 Å². The number of hydrogen-bond acceptors (Lipinski definition) is 4. The molecule has 0 spiro atoms. The van der Waals surface area contributed by atoms with Gasteiger partial charge in [-0.25, -0.2) is 0 Å². The molecule has 0 radical (unpaired) electrons. The van der Waals surface area contributed by atoms with Gasteiger partial charge in [0.25, 0.3) is 5.91 Å². The molecule has 6 heteroatoms. The van der Waals surface area contributed by atoms with Crippen molar-refractivity contribution >= 4 is 11.7 Å². The van der Waals surface area contributed by atoms with Gasteiger partial charge in [0.15, 0.2) is 5.76 Å². The Morgan fingerprint density at radius 1 is 1.50 bits per heavy atom. The van der Waals surface area contributed by atoms with Gasteiger partial charge in [-0.05, 0) is 25.0 Å². The second-order valence-electron chi connectivity index (χ2n) is 5.46. The van der Waals surface area contributed by atoms with Crippen LogP contribution in [-0.4, -0.2) is 34.9 Å². The van der Waals surface area contributed by atoms with E-state index in [9.17, 15) is 4.79 Å². The topological polar surface area (TPSA) is 92.1 Å². The Morgan fingerprint density at radius 2 is 2.15 bits per heavy atom. The lowest BCUT2D eigenvalue weighted by atomic mass is 9.79. The van der Waals surface area contributed by atoms with Crippen LogP contribution in [0, 0.1) is 5.41 Å². The summed E-state index contributed by atoms with van der Waals surface area (Å²) in [6.07, 6.45) is 2.13. The summed E-state index contributed by atoms with van der Waals surface area (Å²) in [5, 5.41) is 11.9. The van der Waals surface area contributed by atoms with E-state index in [2.05, 4.69) is 5.16 Å². The average molecular weight is 279 g/mol. The zero-order valence-electron chi connectivity index (χ0n) is 11.9. The van der Waals surface area contributed by atoms with Crippen LogP contribution in [-0.2, 0) is 6.42 Å². The first-order valence-electron chi connectivity index (χ1n) is 6.86. The molecule has 0 saturated carbocycles. The van der Waals surface area contributed by atoms with Crippen LogP contribution in [0.1, 0.15) is 43.0 Å². The fourth-order valence-electron chi connectivity index (χ4n) is 2.42. The van der Waals surface area contributed by atoms with Crippen molar-refractivity contribution in [1.29, 1.82) is 0 Å². The molecular weight excluding hydrogens is 258 g/mol. The van der Waals surface area contributed by atoms with E-state index in [1.54, 1.807) is 11.0 Å². The molecule has 2 rings (SSSR count). The number of amides is 1. The quantitative estimate of drug-likeness (QED) is 0.382. The Balaban J connectivity index is 2.02. The Morgan fingerprint density at radius 3 is 2.65 bits per heavy atom. The van der Waals surface area contributed by atoms with E-state index in [1.165, 1.54) is 0 Å². The van der Waals surface area contributed by atoms with Crippen molar-refractivity contribution < 1.29 is 14.4 Å². The second-order valence-corrected chi connectivity index (χ2v) is 5.46. The first-order chi connectivity index (χ1) is 9.50. The molecule has 1 aromatic rings. The van der Waals surface area contributed by atoms with Crippen LogP contribution in [0.15, 0.2) is 21.7 Å². The summed E-state index contributed by atoms with van der Waals surface area (Å²) in [5.74, 6) is 1.34. The molecule has 1 fully saturated rings. The molecular formula is C14H21N3O3. The lowest BCUT2D eigenvalue weighted by molar-refractivity contribution is 0.0633. The molecule has 1 aliphatic rings. The van der Waals surface area contributed by atoms with E-state index in [-0.39, 0.29) is 17.2 Å². The molecule has 0 aromatic carbocycles. The van der Waals surface area contributed by atoms with Gasteiger partial charge in [-0.1, -0.05) is 19.0 Å². The van der Waals surface area contributed by atoms with Gasteiger partial charge in [-0.2, -0.15) is 0 Å². The Kier molecular flexibility index (Phi) is 4.01. The summed E-state index contributed by atoms with van der Waals surface area (Å²) in [6, 6.07) is 3.55. The largest absolute Gasteiger partial charge is 0.456 e. The molecule has 1 aliphatic heterocycles. The molecule has 0 bridgehead atoms. The SMILES string of the molecule is CCc1ccc(C(=O)N2CCC(C)(/C(N)=N/O)CC2)o1. The van der Waals surface area contributed by atoms with Gasteiger partial charge < -0.3 is 20.3 Å². The van der Waals surface area contributed by atoms with E-state index in [1.807, 2.05) is 19.9 Å². The third kappa shape index (κ3) is 2.64. The van der Waals surface area contributed by atoms with Crippen LogP contribution >= 0.6 is 0 Å². The number of likely N-dealkylation sites (tertiary alicyclic amines) is 1. The Bertz CT molecular complexity index is 513. The number of furan rings is 1. The van der Waals surface area contributed by atoms with Crippen LogP contribution in [0.5, 0.6) is 0 Å². The summed E-state index contributed by atoms with van der Waals surface area (Å²) in [6.45, 7) is 5.09. The second kappa shape index (κ2) is 5.56. The van der Waals surface area contributed by atoms with E-state index in [4.69, 9.17) is 15.4 Å². The number of nitrogens with zero attached hydrogens (tertiary/aromatic N) is 2. The summed E-state index contributed by atoms with van der Waals surface area (Å²) >= 11 is 0. The Hall–Kier alpha value is -1.98. The molecule has 2 heterocycles. The Labute approximate surface area is 118 Å². The smallest absolute Gasteiger partial charge is 0.289 e. The zero-order chi connectivity index (χ0) is 14.8. The van der Waals surface area contributed by atoms with Crippen LogP contribution < -0.4 is 5.73 Å². The normalized spacial score (nSPS) is 19.1. The van der Waals surface area contributed by atoms with Gasteiger partial charge in [0.1, 0.15) is 11.6 Å². The van der Waals surface area contributed by atoms with Crippen molar-refractivity contribution in [3.63, 3.8) is 0 Å². The molecule has 6 nitrogen and oxygen atoms in total. The lowest BCUT2D eigenvalue weighted by Gasteiger charge is -2.38. The predicted octanol–water partition coefficient (Wildman–Crippen LogP) is 1.83. The summed E-state index contributed by atoms with van der Waals surface area (Å²) in [7, 11) is 0. The minimum atomic E-state index is -0.344. The van der Waals surface area contributed by atoms with Gasteiger partial charge in [0, 0.05) is 24.9 Å². The molecule has 1 saturated heterocycles. The maximum atomic E-state index is 12.3. The maximum absolute atomic E-state index is 12.3. The van der Waals surface area contributed by atoms with Gasteiger partial charge in [-0.3, -0.25) is 4.79 Å². The number of carbonyl (C=O) groups is 1. The standard InChI is InChI=1S/C14H21N3O3/c1-3-10-4-5-11(20-10)12(18)17-8-6-14(2,7-9-17)13(15)16-19/h4-5,19H,3,6-9H2,1-2H3,(H2,15,16). The number of amidine groups is 1. The lowest BCUT2D eigenvalue weighted by Crippen LogP contribution is -2.47. The first kappa shape index (κ1) is 14.4. The number of oxime groups is 1. The molecule has 0 atom stereocenters. The predicted molar refractivity (Wildman–Crippen MR) is 74.7 cm³/mol. The molecule has 110 valence electrons. The van der Waals surface area contributed by atoms with Crippen molar-refractivity contribution in [3.05, 3.63) is 23.7 Å². The highest BCUT2D eigenvalue weighted by Crippen LogP contribution is 2.31. The van der Waals surface area contributed by atoms with Crippen LogP contribution in [0.2, 0.25) is 0 Å². The first-order valence-corrected chi connectivity index (χ1v) is 6.86. The van der Waals surface area contributed by atoms with E-state index < -0.39 is 0 Å². The maximum Gasteiger partial charge on any atom is 0.289 e. The van der Waals surface area contributed by atoms with Crippen molar-refractivity contribution in [1.82, 2.24) is 4.90 Å². The highest BCUT2D eigenvalue weighted by Gasteiger charge is 2.36. The number of carbonyl (C=O) groups excluding carboxylic acids is 1. The highest BCUT2D eigenvalue weighted by atomic mass is 16.4. The number of piperidine rings is 1. The fourth-order valence-corrected chi connectivity index (χ4v) is 2.42. The summed E-state index contributed by atoms with van der Waals surface area (Å²) < 4.78 is 5.49. The number of nitrogens with two attached hydrogens (primary N) is 1. The summed E-state index contributed by atoms with van der Waals surface area (Å²) in [5.41, 5.74) is 5.37. The third-order valence-corrected chi connectivity index (χ3v) is 4.10. The van der Waals surface area contributed by atoms with Crippen molar-refractivity contribution in [2.24, 2.45) is 16.3 Å². The number of rotatable bonds is 3. The number of aryl methyl sites for hydroxylation is 1. The monoisotopic (exact) mass is 279 g/mol. The van der Waals surface area contributed by atoms with Gasteiger partial charge >= 0.3 is 0 Å². The molecule has 1 amide bonds. The molecule has 1 aromatic heterocycles.